The number of hydrogen-bond acceptors (Lipinski definition) is 2. The first kappa shape index (κ1) is 14.9. The molecular weight excluding hydrogens is 270 g/mol. The van der Waals surface area contributed by atoms with E-state index in [9.17, 15) is 0 Å². The molecule has 2 nitrogen and oxygen atoms in total. The fourth-order valence-corrected chi connectivity index (χ4v) is 2.36. The third-order valence-corrected chi connectivity index (χ3v) is 3.34. The lowest BCUT2D eigenvalue weighted by atomic mass is 9.98. The van der Waals surface area contributed by atoms with E-state index < -0.39 is 0 Å². The molecule has 0 fully saturated rings. The van der Waals surface area contributed by atoms with E-state index in [4.69, 9.17) is 16.3 Å². The Labute approximate surface area is 125 Å². The van der Waals surface area contributed by atoms with E-state index in [1.165, 1.54) is 0 Å². The van der Waals surface area contributed by atoms with Gasteiger partial charge in [0.2, 0.25) is 0 Å². The van der Waals surface area contributed by atoms with Crippen LogP contribution >= 0.6 is 11.6 Å². The van der Waals surface area contributed by atoms with E-state index in [-0.39, 0.29) is 12.1 Å². The number of nitrogens with one attached hydrogen (secondary N) is 1. The first-order chi connectivity index (χ1) is 9.61. The quantitative estimate of drug-likeness (QED) is 0.879. The van der Waals surface area contributed by atoms with Gasteiger partial charge in [-0.2, -0.15) is 0 Å². The number of hydrogen-bond donors (Lipinski definition) is 1. The second-order valence-corrected chi connectivity index (χ2v) is 5.41. The van der Waals surface area contributed by atoms with Gasteiger partial charge in [-0.1, -0.05) is 41.9 Å². The van der Waals surface area contributed by atoms with Crippen molar-refractivity contribution in [3.05, 3.63) is 64.7 Å². The van der Waals surface area contributed by atoms with E-state index >= 15 is 0 Å². The van der Waals surface area contributed by atoms with E-state index in [0.29, 0.717) is 0 Å². The zero-order valence-corrected chi connectivity index (χ0v) is 12.8. The highest BCUT2D eigenvalue weighted by Crippen LogP contribution is 2.30. The Morgan fingerprint density at radius 1 is 1.00 bits per heavy atom. The van der Waals surface area contributed by atoms with Gasteiger partial charge in [-0.3, -0.25) is 0 Å². The second kappa shape index (κ2) is 6.78. The van der Waals surface area contributed by atoms with Gasteiger partial charge in [0.15, 0.2) is 0 Å². The molecular formula is C17H20ClNO. The number of para-hydroxylation sites is 1. The molecule has 0 amide bonds. The topological polar surface area (TPSA) is 21.3 Å². The highest BCUT2D eigenvalue weighted by molar-refractivity contribution is 6.30. The zero-order chi connectivity index (χ0) is 14.5. The van der Waals surface area contributed by atoms with Crippen LogP contribution in [0.15, 0.2) is 48.5 Å². The van der Waals surface area contributed by atoms with Gasteiger partial charge in [-0.25, -0.2) is 0 Å². The maximum absolute atomic E-state index is 5.96. The molecule has 0 spiro atoms. The molecule has 2 aromatic carbocycles. The van der Waals surface area contributed by atoms with Crippen molar-refractivity contribution in [2.75, 3.05) is 7.05 Å². The maximum atomic E-state index is 5.96. The van der Waals surface area contributed by atoms with Gasteiger partial charge in [0.25, 0.3) is 0 Å². The summed E-state index contributed by atoms with van der Waals surface area (Å²) in [5.41, 5.74) is 2.29. The zero-order valence-electron chi connectivity index (χ0n) is 12.1. The summed E-state index contributed by atoms with van der Waals surface area (Å²) in [6.45, 7) is 4.07. The Balaban J connectivity index is 2.38. The highest BCUT2D eigenvalue weighted by Gasteiger charge is 2.16. The van der Waals surface area contributed by atoms with Gasteiger partial charge in [0.1, 0.15) is 5.75 Å². The molecule has 0 radical (unpaired) electrons. The SMILES string of the molecule is CNC(c1ccc(Cl)cc1)c1ccccc1OC(C)C. The predicted molar refractivity (Wildman–Crippen MR) is 84.6 cm³/mol. The first-order valence-electron chi connectivity index (χ1n) is 6.80. The van der Waals surface area contributed by atoms with Crippen molar-refractivity contribution < 1.29 is 4.74 Å². The van der Waals surface area contributed by atoms with Crippen molar-refractivity contribution in [3.63, 3.8) is 0 Å². The van der Waals surface area contributed by atoms with Crippen LogP contribution in [0.25, 0.3) is 0 Å². The number of benzene rings is 2. The second-order valence-electron chi connectivity index (χ2n) is 4.98. The maximum Gasteiger partial charge on any atom is 0.124 e. The average molecular weight is 290 g/mol. The predicted octanol–water partition coefficient (Wildman–Crippen LogP) is 4.44. The largest absolute Gasteiger partial charge is 0.491 e. The number of rotatable bonds is 5. The Kier molecular flexibility index (Phi) is 5.05. The lowest BCUT2D eigenvalue weighted by molar-refractivity contribution is 0.238. The van der Waals surface area contributed by atoms with Gasteiger partial charge < -0.3 is 10.1 Å². The summed E-state index contributed by atoms with van der Waals surface area (Å²) in [6.07, 6.45) is 0.152. The minimum atomic E-state index is 0.0854. The van der Waals surface area contributed by atoms with Crippen LogP contribution in [-0.2, 0) is 0 Å². The monoisotopic (exact) mass is 289 g/mol. The summed E-state index contributed by atoms with van der Waals surface area (Å²) in [7, 11) is 1.95. The third-order valence-electron chi connectivity index (χ3n) is 3.08. The van der Waals surface area contributed by atoms with Gasteiger partial charge >= 0.3 is 0 Å². The molecule has 0 heterocycles. The van der Waals surface area contributed by atoms with Gasteiger partial charge in [0, 0.05) is 10.6 Å². The molecule has 1 unspecified atom stereocenters. The summed E-state index contributed by atoms with van der Waals surface area (Å²) in [4.78, 5) is 0. The van der Waals surface area contributed by atoms with Crippen molar-refractivity contribution in [3.8, 4) is 5.75 Å². The molecule has 0 aliphatic carbocycles. The minimum Gasteiger partial charge on any atom is -0.491 e. The Morgan fingerprint density at radius 3 is 2.25 bits per heavy atom. The van der Waals surface area contributed by atoms with E-state index in [1.807, 2.05) is 63.4 Å². The van der Waals surface area contributed by atoms with Crippen LogP contribution in [0.5, 0.6) is 5.75 Å². The van der Waals surface area contributed by atoms with Gasteiger partial charge in [-0.05, 0) is 44.7 Å². The lowest BCUT2D eigenvalue weighted by Crippen LogP contribution is -2.19. The third kappa shape index (κ3) is 3.53. The molecule has 0 aromatic heterocycles. The van der Waals surface area contributed by atoms with Crippen LogP contribution in [0.1, 0.15) is 31.0 Å². The first-order valence-corrected chi connectivity index (χ1v) is 7.18. The summed E-state index contributed by atoms with van der Waals surface area (Å²) < 4.78 is 5.91. The van der Waals surface area contributed by atoms with Crippen molar-refractivity contribution in [1.29, 1.82) is 0 Å². The molecule has 20 heavy (non-hydrogen) atoms. The number of ether oxygens (including phenoxy) is 1. The van der Waals surface area contributed by atoms with Crippen LogP contribution in [0, 0.1) is 0 Å². The van der Waals surface area contributed by atoms with Crippen LogP contribution in [0.4, 0.5) is 0 Å². The van der Waals surface area contributed by atoms with Crippen LogP contribution in [0.2, 0.25) is 5.02 Å². The van der Waals surface area contributed by atoms with Gasteiger partial charge in [-0.15, -0.1) is 0 Å². The van der Waals surface area contributed by atoms with Gasteiger partial charge in [0.05, 0.1) is 12.1 Å². The molecule has 1 N–H and O–H groups in total. The van der Waals surface area contributed by atoms with Crippen molar-refractivity contribution in [1.82, 2.24) is 5.32 Å². The smallest absolute Gasteiger partial charge is 0.124 e. The fraction of sp³-hybridized carbons (Fsp3) is 0.294. The van der Waals surface area contributed by atoms with Crippen molar-refractivity contribution >= 4 is 11.6 Å². The number of halogens is 1. The van der Waals surface area contributed by atoms with Crippen molar-refractivity contribution in [2.24, 2.45) is 0 Å². The van der Waals surface area contributed by atoms with Crippen molar-refractivity contribution in [2.45, 2.75) is 26.0 Å². The van der Waals surface area contributed by atoms with E-state index in [1.54, 1.807) is 0 Å². The normalized spacial score (nSPS) is 12.4. The molecule has 0 saturated carbocycles. The Morgan fingerprint density at radius 2 is 1.65 bits per heavy atom. The minimum absolute atomic E-state index is 0.0854. The Hall–Kier alpha value is -1.51. The van der Waals surface area contributed by atoms with Crippen LogP contribution < -0.4 is 10.1 Å². The summed E-state index contributed by atoms with van der Waals surface area (Å²) >= 11 is 5.96. The average Bonchev–Trinajstić information content (AvgIpc) is 2.43. The molecule has 106 valence electrons. The highest BCUT2D eigenvalue weighted by atomic mass is 35.5. The molecule has 0 aliphatic rings. The molecule has 2 rings (SSSR count). The summed E-state index contributed by atoms with van der Waals surface area (Å²) in [5, 5.41) is 4.09. The molecule has 2 aromatic rings. The van der Waals surface area contributed by atoms with Crippen LogP contribution in [-0.4, -0.2) is 13.2 Å². The fourth-order valence-electron chi connectivity index (χ4n) is 2.24. The summed E-state index contributed by atoms with van der Waals surface area (Å²) in [5.74, 6) is 0.914. The molecule has 3 heteroatoms. The molecule has 1 atom stereocenters. The molecule has 0 aliphatic heterocycles. The van der Waals surface area contributed by atoms with E-state index in [0.717, 1.165) is 21.9 Å². The van der Waals surface area contributed by atoms with Crippen LogP contribution in [0.3, 0.4) is 0 Å². The Bertz CT molecular complexity index is 551. The van der Waals surface area contributed by atoms with E-state index in [2.05, 4.69) is 11.4 Å². The lowest BCUT2D eigenvalue weighted by Gasteiger charge is -2.22. The standard InChI is InChI=1S/C17H20ClNO/c1-12(2)20-16-7-5-4-6-15(16)17(19-3)13-8-10-14(18)11-9-13/h4-12,17,19H,1-3H3. The molecule has 0 bridgehead atoms. The summed E-state index contributed by atoms with van der Waals surface area (Å²) in [6, 6.07) is 16.1. The molecule has 0 saturated heterocycles.